The molecule has 3 N–H and O–H groups in total. The Morgan fingerprint density at radius 2 is 2.06 bits per heavy atom. The Morgan fingerprint density at radius 3 is 2.59 bits per heavy atom. The Bertz CT molecular complexity index is 504. The number of hydrogen-bond acceptors (Lipinski definition) is 5. The van der Waals surface area contributed by atoms with E-state index in [2.05, 4.69) is 15.0 Å². The quantitative estimate of drug-likeness (QED) is 0.614. The molecule has 1 aromatic rings. The number of thiazole rings is 1. The monoisotopic (exact) mass is 279 g/mol. The van der Waals surface area contributed by atoms with E-state index in [1.807, 2.05) is 6.92 Å². The van der Waals surface area contributed by atoms with Crippen molar-refractivity contribution in [3.05, 3.63) is 15.4 Å². The lowest BCUT2D eigenvalue weighted by molar-refractivity contribution is 0.576. The van der Waals surface area contributed by atoms with Gasteiger partial charge in [-0.2, -0.15) is 0 Å². The van der Waals surface area contributed by atoms with E-state index in [0.717, 1.165) is 13.1 Å². The molecule has 1 aromatic heterocycles. The van der Waals surface area contributed by atoms with Crippen molar-refractivity contribution in [1.29, 1.82) is 0 Å². The fourth-order valence-electron chi connectivity index (χ4n) is 1.31. The minimum Gasteiger partial charge on any atom is -0.317 e. The van der Waals surface area contributed by atoms with Gasteiger partial charge in [-0.05, 0) is 26.4 Å². The number of sulfonamides is 1. The van der Waals surface area contributed by atoms with Crippen molar-refractivity contribution < 1.29 is 8.42 Å². The van der Waals surface area contributed by atoms with Gasteiger partial charge in [-0.25, -0.2) is 13.1 Å². The maximum absolute atomic E-state index is 11.8. The zero-order valence-corrected chi connectivity index (χ0v) is 11.5. The van der Waals surface area contributed by atoms with Crippen LogP contribution in [0, 0.1) is 6.92 Å². The second kappa shape index (κ2) is 6.29. The summed E-state index contributed by atoms with van der Waals surface area (Å²) >= 11 is 0.712. The highest BCUT2D eigenvalue weighted by atomic mass is 32.2. The average Bonchev–Trinajstić information content (AvgIpc) is 2.58. The summed E-state index contributed by atoms with van der Waals surface area (Å²) in [7, 11) is -3.55. The van der Waals surface area contributed by atoms with Gasteiger partial charge in [0.2, 0.25) is 0 Å². The van der Waals surface area contributed by atoms with Gasteiger partial charge < -0.3 is 10.3 Å². The van der Waals surface area contributed by atoms with Gasteiger partial charge in [-0.15, -0.1) is 0 Å². The Kier molecular flexibility index (Phi) is 5.31. The van der Waals surface area contributed by atoms with E-state index >= 15 is 0 Å². The molecule has 98 valence electrons. The number of aryl methyl sites for hydroxylation is 1. The average molecular weight is 279 g/mol. The molecule has 0 aromatic carbocycles. The Labute approximate surface area is 105 Å². The first-order valence-corrected chi connectivity index (χ1v) is 7.67. The van der Waals surface area contributed by atoms with Crippen LogP contribution in [0.1, 0.15) is 19.0 Å². The van der Waals surface area contributed by atoms with E-state index in [-0.39, 0.29) is 9.08 Å². The number of aromatic nitrogens is 1. The largest absolute Gasteiger partial charge is 0.317 e. The minimum atomic E-state index is -3.55. The molecule has 0 atom stereocenters. The molecule has 0 saturated carbocycles. The highest BCUT2D eigenvalue weighted by Gasteiger charge is 2.19. The number of aromatic amines is 1. The van der Waals surface area contributed by atoms with Crippen LogP contribution in [0.3, 0.4) is 0 Å². The van der Waals surface area contributed by atoms with Crippen LogP contribution in [-0.2, 0) is 10.0 Å². The first kappa shape index (κ1) is 14.4. The van der Waals surface area contributed by atoms with Crippen molar-refractivity contribution >= 4 is 21.4 Å². The fourth-order valence-corrected chi connectivity index (χ4v) is 3.73. The maximum atomic E-state index is 11.8. The van der Waals surface area contributed by atoms with E-state index in [0.29, 0.717) is 30.0 Å². The van der Waals surface area contributed by atoms with Crippen LogP contribution in [-0.4, -0.2) is 33.0 Å². The number of nitrogens with one attached hydrogen (secondary N) is 3. The molecule has 8 heteroatoms. The molecule has 1 rings (SSSR count). The summed E-state index contributed by atoms with van der Waals surface area (Å²) in [5, 5.41) is 3.10. The van der Waals surface area contributed by atoms with Crippen molar-refractivity contribution in [2.24, 2.45) is 0 Å². The van der Waals surface area contributed by atoms with Gasteiger partial charge in [0.05, 0.1) is 0 Å². The lowest BCUT2D eigenvalue weighted by Gasteiger charge is -2.05. The van der Waals surface area contributed by atoms with Gasteiger partial charge >= 0.3 is 4.87 Å². The van der Waals surface area contributed by atoms with Crippen LogP contribution in [0.4, 0.5) is 0 Å². The van der Waals surface area contributed by atoms with E-state index < -0.39 is 10.0 Å². The van der Waals surface area contributed by atoms with Crippen LogP contribution >= 0.6 is 11.3 Å². The lowest BCUT2D eigenvalue weighted by Crippen LogP contribution is -2.27. The maximum Gasteiger partial charge on any atom is 0.305 e. The second-order valence-electron chi connectivity index (χ2n) is 3.53. The summed E-state index contributed by atoms with van der Waals surface area (Å²) in [5.74, 6) is 0. The second-order valence-corrected chi connectivity index (χ2v) is 6.48. The smallest absolute Gasteiger partial charge is 0.305 e. The zero-order chi connectivity index (χ0) is 12.9. The summed E-state index contributed by atoms with van der Waals surface area (Å²) in [6.07, 6.45) is 0.714. The number of hydrogen-bond donors (Lipinski definition) is 3. The SMILES string of the molecule is CCNCCCNS(=O)(=O)c1sc(=O)[nH]c1C. The molecule has 0 fully saturated rings. The van der Waals surface area contributed by atoms with Crippen molar-refractivity contribution in [1.82, 2.24) is 15.0 Å². The van der Waals surface area contributed by atoms with Gasteiger partial charge in [-0.3, -0.25) is 4.79 Å². The van der Waals surface area contributed by atoms with Crippen molar-refractivity contribution in [2.45, 2.75) is 24.5 Å². The molecule has 0 saturated heterocycles. The molecule has 0 aliphatic heterocycles. The van der Waals surface area contributed by atoms with Gasteiger partial charge in [-0.1, -0.05) is 18.3 Å². The van der Waals surface area contributed by atoms with Gasteiger partial charge in [0.15, 0.2) is 4.21 Å². The summed E-state index contributed by atoms with van der Waals surface area (Å²) in [5.41, 5.74) is 0.388. The third kappa shape index (κ3) is 4.23. The topological polar surface area (TPSA) is 91.1 Å². The number of rotatable bonds is 7. The van der Waals surface area contributed by atoms with E-state index in [4.69, 9.17) is 0 Å². The lowest BCUT2D eigenvalue weighted by atomic mass is 10.4. The van der Waals surface area contributed by atoms with E-state index in [1.54, 1.807) is 6.92 Å². The summed E-state index contributed by atoms with van der Waals surface area (Å²) in [6.45, 7) is 5.56. The minimum absolute atomic E-state index is 0.0750. The summed E-state index contributed by atoms with van der Waals surface area (Å²) in [6, 6.07) is 0. The highest BCUT2D eigenvalue weighted by Crippen LogP contribution is 2.14. The predicted octanol–water partition coefficient (Wildman–Crippen LogP) is 0.0227. The van der Waals surface area contributed by atoms with Crippen LogP contribution < -0.4 is 14.9 Å². The van der Waals surface area contributed by atoms with Gasteiger partial charge in [0, 0.05) is 12.2 Å². The molecule has 0 radical (unpaired) electrons. The highest BCUT2D eigenvalue weighted by molar-refractivity contribution is 7.91. The fraction of sp³-hybridized carbons (Fsp3) is 0.667. The zero-order valence-electron chi connectivity index (χ0n) is 9.87. The molecule has 1 heterocycles. The Hall–Kier alpha value is -0.700. The predicted molar refractivity (Wildman–Crippen MR) is 68.0 cm³/mol. The molecular weight excluding hydrogens is 262 g/mol. The van der Waals surface area contributed by atoms with Gasteiger partial charge in [0.25, 0.3) is 10.0 Å². The van der Waals surface area contributed by atoms with Crippen LogP contribution in [0.5, 0.6) is 0 Å². The van der Waals surface area contributed by atoms with Crippen molar-refractivity contribution in [3.63, 3.8) is 0 Å². The van der Waals surface area contributed by atoms with E-state index in [9.17, 15) is 13.2 Å². The molecule has 0 bridgehead atoms. The van der Waals surface area contributed by atoms with Crippen molar-refractivity contribution in [2.75, 3.05) is 19.6 Å². The van der Waals surface area contributed by atoms with E-state index in [1.165, 1.54) is 0 Å². The third-order valence-corrected chi connectivity index (χ3v) is 5.16. The van der Waals surface area contributed by atoms with Crippen LogP contribution in [0.25, 0.3) is 0 Å². The number of H-pyrrole nitrogens is 1. The standard InChI is InChI=1S/C9H17N3O3S2/c1-3-10-5-4-6-11-17(14,15)8-7(2)12-9(13)16-8/h10-11H,3-6H2,1-2H3,(H,12,13). The summed E-state index contributed by atoms with van der Waals surface area (Å²) < 4.78 is 26.2. The van der Waals surface area contributed by atoms with Crippen molar-refractivity contribution in [3.8, 4) is 0 Å². The molecule has 0 unspecified atom stereocenters. The molecule has 0 aliphatic rings. The first-order valence-electron chi connectivity index (χ1n) is 5.37. The molecule has 0 amide bonds. The molecule has 17 heavy (non-hydrogen) atoms. The Morgan fingerprint density at radius 1 is 1.35 bits per heavy atom. The molecular formula is C9H17N3O3S2. The van der Waals surface area contributed by atoms with Gasteiger partial charge in [0.1, 0.15) is 0 Å². The van der Waals surface area contributed by atoms with Crippen LogP contribution in [0.2, 0.25) is 0 Å². The molecule has 0 spiro atoms. The normalized spacial score (nSPS) is 11.9. The third-order valence-electron chi connectivity index (χ3n) is 2.10. The first-order chi connectivity index (χ1) is 7.97. The van der Waals surface area contributed by atoms with Crippen LogP contribution in [0.15, 0.2) is 9.00 Å². The molecule has 0 aliphatic carbocycles. The Balaban J connectivity index is 2.57. The summed E-state index contributed by atoms with van der Waals surface area (Å²) in [4.78, 5) is 13.1. The molecule has 6 nitrogen and oxygen atoms in total.